The van der Waals surface area contributed by atoms with Crippen molar-refractivity contribution in [1.29, 1.82) is 0 Å². The molecule has 37 heavy (non-hydrogen) atoms. The minimum Gasteiger partial charge on any atom is -0.394 e. The lowest BCUT2D eigenvalue weighted by Crippen LogP contribution is -2.12. The lowest BCUT2D eigenvalue weighted by atomic mass is 9.86. The van der Waals surface area contributed by atoms with Crippen molar-refractivity contribution in [1.82, 2.24) is 0 Å². The van der Waals surface area contributed by atoms with Crippen LogP contribution in [-0.4, -0.2) is 70.2 Å². The molecule has 3 aliphatic carbocycles. The smallest absolute Gasteiger partial charge is 0.346 e. The van der Waals surface area contributed by atoms with Gasteiger partial charge in [0.15, 0.2) is 0 Å². The molecule has 2 heterocycles. The molecular formula is C27H32O10. The van der Waals surface area contributed by atoms with Gasteiger partial charge in [-0.05, 0) is 55.6 Å². The molecule has 5 aliphatic rings. The van der Waals surface area contributed by atoms with Crippen molar-refractivity contribution in [3.63, 3.8) is 0 Å². The lowest BCUT2D eigenvalue weighted by Gasteiger charge is -2.18. The zero-order valence-corrected chi connectivity index (χ0v) is 20.4. The summed E-state index contributed by atoms with van der Waals surface area (Å²) >= 11 is 0. The largest absolute Gasteiger partial charge is 0.394 e. The molecule has 1 saturated carbocycles. The lowest BCUT2D eigenvalue weighted by molar-refractivity contribution is -0.150. The molecule has 0 radical (unpaired) electrons. The average molecular weight is 517 g/mol. The number of hydrogen-bond donors (Lipinski definition) is 4. The van der Waals surface area contributed by atoms with Crippen molar-refractivity contribution >= 4 is 23.9 Å². The number of aliphatic hydroxyl groups excluding tert-OH is 4. The fourth-order valence-electron chi connectivity index (χ4n) is 4.31. The number of benzene rings is 1. The van der Waals surface area contributed by atoms with E-state index < -0.39 is 30.0 Å². The Bertz CT molecular complexity index is 988. The van der Waals surface area contributed by atoms with Crippen molar-refractivity contribution in [3.05, 3.63) is 71.8 Å². The number of cyclic esters (lactones) is 4. The quantitative estimate of drug-likeness (QED) is 0.256. The maximum Gasteiger partial charge on any atom is 0.346 e. The van der Waals surface area contributed by atoms with Gasteiger partial charge in [0.25, 0.3) is 0 Å². The maximum absolute atomic E-state index is 10.8. The second kappa shape index (κ2) is 15.0. The number of aliphatic hydroxyl groups is 4. The van der Waals surface area contributed by atoms with Crippen molar-refractivity contribution < 1.29 is 49.1 Å². The molecule has 5 atom stereocenters. The highest BCUT2D eigenvalue weighted by molar-refractivity contribution is 6.14. The molecule has 10 heteroatoms. The summed E-state index contributed by atoms with van der Waals surface area (Å²) in [6, 6.07) is 6.53. The topological polar surface area (TPSA) is 168 Å². The Kier molecular flexibility index (Phi) is 12.0. The predicted octanol–water partition coefficient (Wildman–Crippen LogP) is 1.34. The molecule has 4 N–H and O–H groups in total. The molecule has 0 amide bonds. The van der Waals surface area contributed by atoms with Gasteiger partial charge < -0.3 is 29.9 Å². The van der Waals surface area contributed by atoms with Crippen LogP contribution in [-0.2, 0) is 19.1 Å². The highest BCUT2D eigenvalue weighted by Gasteiger charge is 2.44. The van der Waals surface area contributed by atoms with Crippen molar-refractivity contribution in [2.75, 3.05) is 19.8 Å². The average Bonchev–Trinajstić information content (AvgIpc) is 3.71. The molecule has 1 aromatic carbocycles. The number of fused-ring (bicyclic) bond motifs is 6. The van der Waals surface area contributed by atoms with E-state index in [0.29, 0.717) is 11.1 Å². The molecule has 200 valence electrons. The van der Waals surface area contributed by atoms with Crippen LogP contribution in [0.5, 0.6) is 0 Å². The van der Waals surface area contributed by atoms with Crippen LogP contribution in [0.2, 0.25) is 0 Å². The van der Waals surface area contributed by atoms with Crippen molar-refractivity contribution in [3.8, 4) is 0 Å². The SMILES string of the molecule is C1=CC2C3C=CC(C3)C2C1.CC(O)CO.O=C1C=CC(=O)O1.O=C1OC(=O)c2ccccc21.OCCO. The molecule has 10 nitrogen and oxygen atoms in total. The number of carbonyl (C=O) groups is 4. The molecule has 1 aromatic rings. The summed E-state index contributed by atoms with van der Waals surface area (Å²) in [5, 5.41) is 31.3. The first-order valence-corrected chi connectivity index (χ1v) is 11.9. The fourth-order valence-corrected chi connectivity index (χ4v) is 4.31. The van der Waals surface area contributed by atoms with Crippen LogP contribution in [0, 0.1) is 23.7 Å². The van der Waals surface area contributed by atoms with Crippen LogP contribution in [0.4, 0.5) is 0 Å². The van der Waals surface area contributed by atoms with Gasteiger partial charge in [-0.15, -0.1) is 0 Å². The summed E-state index contributed by atoms with van der Waals surface area (Å²) in [6.45, 7) is 1.14. The van der Waals surface area contributed by atoms with E-state index in [2.05, 4.69) is 33.8 Å². The Labute approximate surface area is 214 Å². The van der Waals surface area contributed by atoms with E-state index in [-0.39, 0.29) is 19.8 Å². The van der Waals surface area contributed by atoms with Gasteiger partial charge in [-0.3, -0.25) is 0 Å². The van der Waals surface area contributed by atoms with E-state index in [0.717, 1.165) is 35.8 Å². The van der Waals surface area contributed by atoms with Crippen LogP contribution in [0.15, 0.2) is 60.7 Å². The fraction of sp³-hybridized carbons (Fsp3) is 0.407. The van der Waals surface area contributed by atoms with Gasteiger partial charge in [0.2, 0.25) is 0 Å². The monoisotopic (exact) mass is 516 g/mol. The van der Waals surface area contributed by atoms with Gasteiger partial charge in [0.1, 0.15) is 0 Å². The summed E-state index contributed by atoms with van der Waals surface area (Å²) in [7, 11) is 0. The summed E-state index contributed by atoms with van der Waals surface area (Å²) in [5.74, 6) is 1.56. The first-order chi connectivity index (χ1) is 17.7. The van der Waals surface area contributed by atoms with Crippen LogP contribution in [0.1, 0.15) is 40.5 Å². The number of ether oxygens (including phenoxy) is 2. The van der Waals surface area contributed by atoms with Gasteiger partial charge in [0, 0.05) is 12.2 Å². The first-order valence-electron chi connectivity index (χ1n) is 11.9. The van der Waals surface area contributed by atoms with Gasteiger partial charge in [-0.1, -0.05) is 36.4 Å². The van der Waals surface area contributed by atoms with Crippen LogP contribution in [0.25, 0.3) is 0 Å². The molecule has 0 aromatic heterocycles. The van der Waals surface area contributed by atoms with Crippen molar-refractivity contribution in [2.24, 2.45) is 23.7 Å². The molecule has 5 unspecified atom stereocenters. The Hall–Kier alpha value is -3.44. The summed E-state index contributed by atoms with van der Waals surface area (Å²) in [4.78, 5) is 41.5. The van der Waals surface area contributed by atoms with Crippen LogP contribution >= 0.6 is 0 Å². The van der Waals surface area contributed by atoms with Gasteiger partial charge >= 0.3 is 23.9 Å². The third-order valence-corrected chi connectivity index (χ3v) is 5.93. The molecule has 1 fully saturated rings. The van der Waals surface area contributed by atoms with E-state index in [1.807, 2.05) is 0 Å². The minimum absolute atomic E-state index is 0.125. The molecule has 6 rings (SSSR count). The Morgan fingerprint density at radius 2 is 1.35 bits per heavy atom. The highest BCUT2D eigenvalue weighted by atomic mass is 16.6. The highest BCUT2D eigenvalue weighted by Crippen LogP contribution is 2.52. The Morgan fingerprint density at radius 3 is 1.76 bits per heavy atom. The number of rotatable bonds is 2. The Morgan fingerprint density at radius 1 is 0.838 bits per heavy atom. The zero-order valence-electron chi connectivity index (χ0n) is 20.4. The molecule has 2 bridgehead atoms. The molecule has 0 saturated heterocycles. The number of carbonyl (C=O) groups excluding carboxylic acids is 4. The second-order valence-corrected chi connectivity index (χ2v) is 8.63. The van der Waals surface area contributed by atoms with E-state index >= 15 is 0 Å². The maximum atomic E-state index is 10.8. The summed E-state index contributed by atoms with van der Waals surface area (Å²) < 4.78 is 8.33. The number of allylic oxidation sites excluding steroid dienone is 4. The third kappa shape index (κ3) is 8.87. The van der Waals surface area contributed by atoms with E-state index in [1.165, 1.54) is 19.8 Å². The van der Waals surface area contributed by atoms with E-state index in [1.54, 1.807) is 24.3 Å². The standard InChI is InChI=1S/C10H12.C8H4O3.C4H2O3.C3H8O2.C2H6O2/c1-2-9-7-4-5-8(6-7)10(9)3-1;9-7-5-3-1-2-4-6(5)8(10)11-7;5-3-1-2-4(6)7-3;1-3(5)2-4;3-1-2-4/h1-2,4-5,7-10H,3,6H2;1-4H;1-2H;3-5H,2H2,1H3;3-4H,1-2H2. The number of esters is 4. The van der Waals surface area contributed by atoms with Gasteiger partial charge in [0.05, 0.1) is 37.1 Å². The predicted molar refractivity (Wildman–Crippen MR) is 131 cm³/mol. The summed E-state index contributed by atoms with van der Waals surface area (Å²) in [5.41, 5.74) is 0.718. The third-order valence-electron chi connectivity index (χ3n) is 5.93. The van der Waals surface area contributed by atoms with Crippen molar-refractivity contribution in [2.45, 2.75) is 25.9 Å². The second-order valence-electron chi connectivity index (χ2n) is 8.63. The minimum atomic E-state index is -0.579. The number of hydrogen-bond acceptors (Lipinski definition) is 10. The zero-order chi connectivity index (χ0) is 27.4. The van der Waals surface area contributed by atoms with Crippen LogP contribution in [0.3, 0.4) is 0 Å². The van der Waals surface area contributed by atoms with Gasteiger partial charge in [-0.25, -0.2) is 19.2 Å². The summed E-state index contributed by atoms with van der Waals surface area (Å²) in [6.07, 6.45) is 14.1. The normalized spacial score (nSPS) is 25.2. The molecule has 2 aliphatic heterocycles. The first kappa shape index (κ1) is 29.8. The molecule has 0 spiro atoms. The molecular weight excluding hydrogens is 484 g/mol. The van der Waals surface area contributed by atoms with Gasteiger partial charge in [-0.2, -0.15) is 0 Å². The van der Waals surface area contributed by atoms with E-state index in [9.17, 15) is 19.2 Å². The van der Waals surface area contributed by atoms with E-state index in [4.69, 9.17) is 20.4 Å². The Balaban J connectivity index is 0.000000172. The van der Waals surface area contributed by atoms with Crippen LogP contribution < -0.4 is 0 Å².